The summed E-state index contributed by atoms with van der Waals surface area (Å²) in [5, 5.41) is 14.9. The van der Waals surface area contributed by atoms with Crippen molar-refractivity contribution in [1.29, 1.82) is 0 Å². The van der Waals surface area contributed by atoms with Crippen LogP contribution in [-0.2, 0) is 38.8 Å². The van der Waals surface area contributed by atoms with Crippen molar-refractivity contribution < 1.29 is 36.2 Å². The van der Waals surface area contributed by atoms with Crippen LogP contribution in [0.25, 0.3) is 10.6 Å². The number of carbonyl (C=O) groups excluding carboxylic acids is 1. The largest absolute Gasteiger partial charge is 0.501 e. The molecule has 2 N–H and O–H groups in total. The predicted molar refractivity (Wildman–Crippen MR) is 137 cm³/mol. The van der Waals surface area contributed by atoms with Crippen molar-refractivity contribution in [2.75, 3.05) is 38.2 Å². The van der Waals surface area contributed by atoms with Crippen molar-refractivity contribution >= 4 is 43.5 Å². The van der Waals surface area contributed by atoms with Crippen LogP contribution in [-0.4, -0.2) is 72.7 Å². The van der Waals surface area contributed by atoms with Crippen molar-refractivity contribution in [3.8, 4) is 10.6 Å². The average Bonchev–Trinajstić information content (AvgIpc) is 3.51. The number of carbonyl (C=O) groups is 1. The molecule has 0 bridgehead atoms. The van der Waals surface area contributed by atoms with E-state index >= 15 is 0 Å². The average molecular weight is 591 g/mol. The van der Waals surface area contributed by atoms with E-state index in [1.54, 1.807) is 5.38 Å². The zero-order chi connectivity index (χ0) is 27.3. The quantitative estimate of drug-likeness (QED) is 0.368. The van der Waals surface area contributed by atoms with E-state index in [1.807, 2.05) is 0 Å². The molecule has 0 spiro atoms. The van der Waals surface area contributed by atoms with Crippen molar-refractivity contribution in [3.05, 3.63) is 45.9 Å². The second-order valence-electron chi connectivity index (χ2n) is 8.46. The first-order chi connectivity index (χ1) is 18.1. The van der Waals surface area contributed by atoms with Crippen LogP contribution in [0.2, 0.25) is 0 Å². The number of morpholine rings is 1. The number of sulfone groups is 1. The van der Waals surface area contributed by atoms with E-state index in [4.69, 9.17) is 4.74 Å². The molecule has 3 aromatic rings. The van der Waals surface area contributed by atoms with Gasteiger partial charge in [0.25, 0.3) is 9.84 Å². The predicted octanol–water partition coefficient (Wildman–Crippen LogP) is 3.50. The molecule has 1 amide bonds. The Morgan fingerprint density at radius 1 is 1.16 bits per heavy atom. The number of hydrogen-bond acceptors (Lipinski definition) is 10. The van der Waals surface area contributed by atoms with Crippen molar-refractivity contribution in [1.82, 2.24) is 14.9 Å². The maximum Gasteiger partial charge on any atom is 0.501 e. The Bertz CT molecular complexity index is 1350. The Morgan fingerprint density at radius 3 is 2.53 bits per heavy atom. The summed E-state index contributed by atoms with van der Waals surface area (Å²) in [6.07, 6.45) is 1.42. The number of benzene rings is 1. The number of aliphatic hydroxyl groups is 1. The molecule has 38 heavy (non-hydrogen) atoms. The van der Waals surface area contributed by atoms with Gasteiger partial charge in [0.2, 0.25) is 5.91 Å². The molecule has 0 aliphatic carbocycles. The topological polar surface area (TPSA) is 122 Å². The summed E-state index contributed by atoms with van der Waals surface area (Å²) in [4.78, 5) is 23.8. The fraction of sp³-hybridized carbons (Fsp3) is 0.435. The van der Waals surface area contributed by atoms with Crippen molar-refractivity contribution in [2.45, 2.75) is 36.3 Å². The number of aliphatic hydroxyl groups excluding tert-OH is 1. The van der Waals surface area contributed by atoms with E-state index in [0.717, 1.165) is 62.0 Å². The van der Waals surface area contributed by atoms with E-state index in [9.17, 15) is 31.5 Å². The molecule has 1 aliphatic rings. The minimum Gasteiger partial charge on any atom is -0.389 e. The smallest absolute Gasteiger partial charge is 0.389 e. The monoisotopic (exact) mass is 590 g/mol. The summed E-state index contributed by atoms with van der Waals surface area (Å²) in [6, 6.07) is 4.00. The molecule has 0 saturated carbocycles. The summed E-state index contributed by atoms with van der Waals surface area (Å²) in [7, 11) is -5.45. The molecular weight excluding hydrogens is 565 g/mol. The van der Waals surface area contributed by atoms with Crippen LogP contribution in [0.3, 0.4) is 0 Å². The van der Waals surface area contributed by atoms with E-state index in [2.05, 4.69) is 20.2 Å². The molecule has 0 radical (unpaired) electrons. The van der Waals surface area contributed by atoms with Crippen molar-refractivity contribution in [3.63, 3.8) is 0 Å². The Kier molecular flexibility index (Phi) is 9.15. The molecule has 15 heteroatoms. The third-order valence-electron chi connectivity index (χ3n) is 5.75. The van der Waals surface area contributed by atoms with Crippen LogP contribution in [0.5, 0.6) is 0 Å². The number of amides is 1. The molecule has 2 aromatic heterocycles. The van der Waals surface area contributed by atoms with Crippen LogP contribution in [0.15, 0.2) is 34.5 Å². The summed E-state index contributed by atoms with van der Waals surface area (Å²) >= 11 is 2.56. The molecule has 206 valence electrons. The molecule has 3 heterocycles. The van der Waals surface area contributed by atoms with E-state index in [0.29, 0.717) is 27.8 Å². The van der Waals surface area contributed by atoms with Crippen LogP contribution in [0.1, 0.15) is 22.7 Å². The van der Waals surface area contributed by atoms with Gasteiger partial charge in [-0.1, -0.05) is 12.1 Å². The number of nitrogens with one attached hydrogen (secondary N) is 1. The van der Waals surface area contributed by atoms with Gasteiger partial charge < -0.3 is 15.2 Å². The molecule has 0 unspecified atom stereocenters. The highest BCUT2D eigenvalue weighted by Gasteiger charge is 2.46. The highest BCUT2D eigenvalue weighted by atomic mass is 32.2. The van der Waals surface area contributed by atoms with E-state index in [-0.39, 0.29) is 13.0 Å². The number of aromatic nitrogens is 2. The summed E-state index contributed by atoms with van der Waals surface area (Å²) < 4.78 is 66.5. The Balaban J connectivity index is 1.37. The van der Waals surface area contributed by atoms with Crippen LogP contribution in [0.4, 0.5) is 18.3 Å². The van der Waals surface area contributed by atoms with Gasteiger partial charge in [-0.3, -0.25) is 9.69 Å². The number of thiazole rings is 2. The lowest BCUT2D eigenvalue weighted by Crippen LogP contribution is -2.36. The molecule has 9 nitrogen and oxygen atoms in total. The lowest BCUT2D eigenvalue weighted by molar-refractivity contribution is -0.115. The summed E-state index contributed by atoms with van der Waals surface area (Å²) in [5.41, 5.74) is -3.58. The van der Waals surface area contributed by atoms with Gasteiger partial charge in [0, 0.05) is 18.5 Å². The highest BCUT2D eigenvalue weighted by Crippen LogP contribution is 2.34. The van der Waals surface area contributed by atoms with Gasteiger partial charge in [0.15, 0.2) is 5.13 Å². The highest BCUT2D eigenvalue weighted by molar-refractivity contribution is 7.92. The molecule has 1 aromatic carbocycles. The number of nitrogens with zero attached hydrogens (tertiary/aromatic N) is 3. The molecule has 1 aliphatic heterocycles. The zero-order valence-corrected chi connectivity index (χ0v) is 22.5. The first-order valence-electron chi connectivity index (χ1n) is 11.6. The Labute approximate surface area is 225 Å². The SMILES string of the molecule is O=C(Cc1ccc(S(=O)(=O)C(F)(F)F)cc1)Nc1nc(-c2sc(CO)nc2CCCN2CCOCC2)cs1. The second-order valence-corrected chi connectivity index (χ2v) is 12.3. The van der Waals surface area contributed by atoms with Crippen molar-refractivity contribution in [2.24, 2.45) is 0 Å². The number of rotatable bonds is 10. The lowest BCUT2D eigenvalue weighted by atomic mass is 10.1. The minimum atomic E-state index is -5.45. The van der Waals surface area contributed by atoms with Gasteiger partial charge in [0.05, 0.1) is 47.4 Å². The number of hydrogen-bond donors (Lipinski definition) is 2. The van der Waals surface area contributed by atoms with Gasteiger partial charge in [-0.15, -0.1) is 22.7 Å². The Hall–Kier alpha value is -2.43. The summed E-state index contributed by atoms with van der Waals surface area (Å²) in [5.74, 6) is -0.455. The number of alkyl halides is 3. The van der Waals surface area contributed by atoms with Gasteiger partial charge in [-0.2, -0.15) is 13.2 Å². The third kappa shape index (κ3) is 6.95. The fourth-order valence-corrected chi connectivity index (χ4v) is 6.32. The van der Waals surface area contributed by atoms with Gasteiger partial charge in [-0.05, 0) is 37.1 Å². The first-order valence-corrected chi connectivity index (χ1v) is 14.8. The number of ether oxygens (including phenoxy) is 1. The first kappa shape index (κ1) is 28.6. The number of halogens is 3. The van der Waals surface area contributed by atoms with Gasteiger partial charge in [0.1, 0.15) is 5.01 Å². The molecule has 1 saturated heterocycles. The van der Waals surface area contributed by atoms with E-state index in [1.165, 1.54) is 34.8 Å². The molecule has 4 rings (SSSR count). The lowest BCUT2D eigenvalue weighted by Gasteiger charge is -2.26. The number of anilines is 1. The van der Waals surface area contributed by atoms with Crippen LogP contribution >= 0.6 is 22.7 Å². The second kappa shape index (κ2) is 12.2. The van der Waals surface area contributed by atoms with E-state index < -0.39 is 26.1 Å². The molecular formula is C23H25F3N4O5S3. The maximum absolute atomic E-state index is 12.7. The molecule has 0 atom stereocenters. The number of aryl methyl sites for hydroxylation is 1. The zero-order valence-electron chi connectivity index (χ0n) is 20.0. The standard InChI is InChI=1S/C23H25F3N4O5S3/c24-23(25,26)38(33,34)16-5-3-15(4-6-16)12-19(32)29-22-28-18(14-36-22)21-17(27-20(13-31)37-21)2-1-7-30-8-10-35-11-9-30/h3-6,14,31H,1-2,7-13H2,(H,28,29,32). The third-order valence-corrected chi connectivity index (χ3v) is 9.12. The molecule has 1 fully saturated rings. The van der Waals surface area contributed by atoms with Gasteiger partial charge in [-0.25, -0.2) is 18.4 Å². The Morgan fingerprint density at radius 2 is 1.87 bits per heavy atom. The maximum atomic E-state index is 12.7. The fourth-order valence-electron chi connectivity index (χ4n) is 3.84. The summed E-state index contributed by atoms with van der Waals surface area (Å²) in [6.45, 7) is 3.99. The van der Waals surface area contributed by atoms with Crippen LogP contribution in [0, 0.1) is 0 Å². The van der Waals surface area contributed by atoms with Crippen LogP contribution < -0.4 is 5.32 Å². The van der Waals surface area contributed by atoms with Gasteiger partial charge >= 0.3 is 5.51 Å². The minimum absolute atomic E-state index is 0.177. The normalized spacial score (nSPS) is 15.1.